The first-order chi connectivity index (χ1) is 19.3. The molecule has 0 radical (unpaired) electrons. The lowest BCUT2D eigenvalue weighted by Crippen LogP contribution is -2.34. The molecule has 0 fully saturated rings. The van der Waals surface area contributed by atoms with E-state index in [9.17, 15) is 0 Å². The average molecular weight is 557 g/mol. The van der Waals surface area contributed by atoms with Gasteiger partial charge < -0.3 is 31.2 Å². The van der Waals surface area contributed by atoms with Gasteiger partial charge in [-0.1, -0.05) is 103 Å². The van der Waals surface area contributed by atoms with Crippen molar-refractivity contribution in [1.29, 1.82) is 0 Å². The Morgan fingerprint density at radius 2 is 0.974 bits per heavy atom. The third-order valence-electron chi connectivity index (χ3n) is 7.44. The van der Waals surface area contributed by atoms with Gasteiger partial charge in [-0.15, -0.1) is 0 Å². The highest BCUT2D eigenvalue weighted by atomic mass is 16.5. The van der Waals surface area contributed by atoms with Crippen LogP contribution < -0.4 is 21.7 Å². The topological polar surface area (TPSA) is 80.6 Å². The zero-order valence-corrected chi connectivity index (χ0v) is 26.7. The van der Waals surface area contributed by atoms with Crippen LogP contribution in [0.25, 0.3) is 0 Å². The van der Waals surface area contributed by atoms with Crippen LogP contribution in [0.4, 0.5) is 0 Å². The summed E-state index contributed by atoms with van der Waals surface area (Å²) in [4.78, 5) is 0. The number of unbranched alkanes of at least 4 members (excludes halogenated alkanes) is 16. The van der Waals surface area contributed by atoms with E-state index in [-0.39, 0.29) is 6.10 Å². The summed E-state index contributed by atoms with van der Waals surface area (Å²) in [7, 11) is 0. The predicted molar refractivity (Wildman–Crippen MR) is 172 cm³/mol. The van der Waals surface area contributed by atoms with Gasteiger partial charge in [0.2, 0.25) is 0 Å². The van der Waals surface area contributed by atoms with Gasteiger partial charge in [-0.3, -0.25) is 0 Å². The maximum absolute atomic E-state index is 5.94. The maximum Gasteiger partial charge on any atom is 0.0932 e. The van der Waals surface area contributed by atoms with E-state index in [0.717, 1.165) is 71.9 Å². The molecule has 0 amide bonds. The van der Waals surface area contributed by atoms with Crippen molar-refractivity contribution in [1.82, 2.24) is 16.0 Å². The first-order valence-electron chi connectivity index (χ1n) is 17.4. The summed E-state index contributed by atoms with van der Waals surface area (Å²) in [6.07, 6.45) is 27.3. The maximum atomic E-state index is 5.94. The van der Waals surface area contributed by atoms with Crippen LogP contribution in [-0.4, -0.2) is 71.7 Å². The van der Waals surface area contributed by atoms with Crippen molar-refractivity contribution in [3.05, 3.63) is 0 Å². The minimum absolute atomic E-state index is 0.163. The predicted octanol–water partition coefficient (Wildman–Crippen LogP) is 6.96. The Morgan fingerprint density at radius 3 is 1.49 bits per heavy atom. The van der Waals surface area contributed by atoms with Gasteiger partial charge in [0.25, 0.3) is 0 Å². The Hall–Kier alpha value is -0.240. The van der Waals surface area contributed by atoms with E-state index in [1.54, 1.807) is 0 Å². The summed E-state index contributed by atoms with van der Waals surface area (Å²) >= 11 is 0. The normalized spacial score (nSPS) is 12.4. The van der Waals surface area contributed by atoms with E-state index in [1.165, 1.54) is 116 Å². The smallest absolute Gasteiger partial charge is 0.0932 e. The van der Waals surface area contributed by atoms with Crippen LogP contribution in [0.15, 0.2) is 0 Å². The van der Waals surface area contributed by atoms with Crippen LogP contribution in [0.3, 0.4) is 0 Å². The van der Waals surface area contributed by atoms with E-state index >= 15 is 0 Å². The van der Waals surface area contributed by atoms with Crippen LogP contribution in [0.5, 0.6) is 0 Å². The summed E-state index contributed by atoms with van der Waals surface area (Å²) < 4.78 is 11.8. The molecule has 0 aromatic carbocycles. The summed E-state index contributed by atoms with van der Waals surface area (Å²) in [5.41, 5.74) is 5.50. The molecule has 1 atom stereocenters. The largest absolute Gasteiger partial charge is 0.379 e. The second kappa shape index (κ2) is 35.8. The molecule has 0 saturated carbocycles. The van der Waals surface area contributed by atoms with Crippen molar-refractivity contribution in [2.24, 2.45) is 5.73 Å². The van der Waals surface area contributed by atoms with Crippen LogP contribution in [0.2, 0.25) is 0 Å². The molecule has 236 valence electrons. The summed E-state index contributed by atoms with van der Waals surface area (Å²) in [6.45, 7) is 13.7. The molecule has 0 bridgehead atoms. The molecule has 1 unspecified atom stereocenters. The Labute approximate surface area is 245 Å². The summed E-state index contributed by atoms with van der Waals surface area (Å²) in [5.74, 6) is 0. The van der Waals surface area contributed by atoms with Gasteiger partial charge in [-0.05, 0) is 78.3 Å². The lowest BCUT2D eigenvalue weighted by molar-refractivity contribution is -0.0113. The highest BCUT2D eigenvalue weighted by molar-refractivity contribution is 4.62. The first kappa shape index (κ1) is 38.8. The number of nitrogens with two attached hydrogens (primary N) is 1. The molecule has 0 aliphatic heterocycles. The van der Waals surface area contributed by atoms with Gasteiger partial charge in [-0.25, -0.2) is 0 Å². The SMILES string of the molecule is CCCCCCCCCCCCCCCCCCOCC(CNCCCNCCCCNCCCN)OCC. The molecule has 6 nitrogen and oxygen atoms in total. The van der Waals surface area contributed by atoms with Gasteiger partial charge in [0.15, 0.2) is 0 Å². The molecule has 0 aliphatic rings. The molecule has 5 N–H and O–H groups in total. The minimum atomic E-state index is 0.163. The number of nitrogens with one attached hydrogen (secondary N) is 3. The van der Waals surface area contributed by atoms with Gasteiger partial charge in [0.1, 0.15) is 0 Å². The van der Waals surface area contributed by atoms with Gasteiger partial charge in [0, 0.05) is 19.8 Å². The van der Waals surface area contributed by atoms with Crippen molar-refractivity contribution >= 4 is 0 Å². The van der Waals surface area contributed by atoms with Crippen molar-refractivity contribution in [3.8, 4) is 0 Å². The first-order valence-corrected chi connectivity index (χ1v) is 17.4. The number of ether oxygens (including phenoxy) is 2. The molecule has 0 aliphatic carbocycles. The van der Waals surface area contributed by atoms with Crippen LogP contribution in [-0.2, 0) is 9.47 Å². The molecule has 0 saturated heterocycles. The van der Waals surface area contributed by atoms with E-state index < -0.39 is 0 Å². The zero-order chi connectivity index (χ0) is 28.3. The standard InChI is InChI=1S/C33H72N4O2/c1-3-5-6-7-8-9-10-11-12-13-14-15-16-17-18-21-30-38-32-33(39-4-2)31-37-29-23-28-36-26-20-19-25-35-27-22-24-34/h33,35-37H,3-32,34H2,1-2H3. The molecule has 0 rings (SSSR count). The summed E-state index contributed by atoms with van der Waals surface area (Å²) in [6, 6.07) is 0. The zero-order valence-electron chi connectivity index (χ0n) is 26.7. The molecular formula is C33H72N4O2. The fourth-order valence-electron chi connectivity index (χ4n) is 4.95. The summed E-state index contributed by atoms with van der Waals surface area (Å²) in [5, 5.41) is 10.5. The molecule has 0 spiro atoms. The van der Waals surface area contributed by atoms with Gasteiger partial charge in [-0.2, -0.15) is 0 Å². The lowest BCUT2D eigenvalue weighted by atomic mass is 10.0. The Balaban J connectivity index is 3.34. The van der Waals surface area contributed by atoms with Crippen molar-refractivity contribution < 1.29 is 9.47 Å². The van der Waals surface area contributed by atoms with E-state index in [2.05, 4.69) is 29.8 Å². The van der Waals surface area contributed by atoms with Crippen LogP contribution >= 0.6 is 0 Å². The molecule has 0 aromatic rings. The molecular weight excluding hydrogens is 484 g/mol. The minimum Gasteiger partial charge on any atom is -0.379 e. The average Bonchev–Trinajstić information content (AvgIpc) is 2.94. The van der Waals surface area contributed by atoms with Crippen LogP contribution in [0.1, 0.15) is 142 Å². The van der Waals surface area contributed by atoms with E-state index in [4.69, 9.17) is 15.2 Å². The molecule has 39 heavy (non-hydrogen) atoms. The second-order valence-corrected chi connectivity index (χ2v) is 11.4. The van der Waals surface area contributed by atoms with Crippen molar-refractivity contribution in [2.75, 3.05) is 65.6 Å². The second-order valence-electron chi connectivity index (χ2n) is 11.4. The Morgan fingerprint density at radius 1 is 0.513 bits per heavy atom. The Bertz CT molecular complexity index is 429. The van der Waals surface area contributed by atoms with Crippen LogP contribution in [0, 0.1) is 0 Å². The number of hydrogen-bond donors (Lipinski definition) is 4. The number of hydrogen-bond acceptors (Lipinski definition) is 6. The number of rotatable bonds is 35. The van der Waals surface area contributed by atoms with Crippen molar-refractivity contribution in [2.45, 2.75) is 148 Å². The molecule has 6 heteroatoms. The fraction of sp³-hybridized carbons (Fsp3) is 1.00. The Kier molecular flexibility index (Phi) is 35.6. The highest BCUT2D eigenvalue weighted by Gasteiger charge is 2.08. The van der Waals surface area contributed by atoms with E-state index in [1.807, 2.05) is 0 Å². The van der Waals surface area contributed by atoms with Gasteiger partial charge in [0.05, 0.1) is 12.7 Å². The third-order valence-corrected chi connectivity index (χ3v) is 7.44. The quantitative estimate of drug-likeness (QED) is 0.0632. The lowest BCUT2D eigenvalue weighted by Gasteiger charge is -2.18. The van der Waals surface area contributed by atoms with Crippen molar-refractivity contribution in [3.63, 3.8) is 0 Å². The van der Waals surface area contributed by atoms with Gasteiger partial charge >= 0.3 is 0 Å². The molecule has 0 aromatic heterocycles. The fourth-order valence-corrected chi connectivity index (χ4v) is 4.95. The highest BCUT2D eigenvalue weighted by Crippen LogP contribution is 2.13. The molecule has 0 heterocycles. The third kappa shape index (κ3) is 33.9. The van der Waals surface area contributed by atoms with E-state index in [0.29, 0.717) is 6.61 Å². The monoisotopic (exact) mass is 557 g/mol.